The fourth-order valence-electron chi connectivity index (χ4n) is 1.48. The van der Waals surface area contributed by atoms with Gasteiger partial charge in [0.15, 0.2) is 10.9 Å². The van der Waals surface area contributed by atoms with Crippen LogP contribution in [0.2, 0.25) is 0 Å². The van der Waals surface area contributed by atoms with Crippen LogP contribution in [0.3, 0.4) is 0 Å². The van der Waals surface area contributed by atoms with Gasteiger partial charge in [-0.1, -0.05) is 0 Å². The molecule has 2 aromatic heterocycles. The zero-order valence-corrected chi connectivity index (χ0v) is 11.7. The molecule has 2 heterocycles. The summed E-state index contributed by atoms with van der Waals surface area (Å²) < 4.78 is 11.3. The monoisotopic (exact) mass is 282 g/mol. The Hall–Kier alpha value is -2.09. The average Bonchev–Trinajstić information content (AvgIpc) is 2.96. The van der Waals surface area contributed by atoms with E-state index in [1.54, 1.807) is 30.3 Å². The summed E-state index contributed by atoms with van der Waals surface area (Å²) in [4.78, 5) is 15.4. The molecular weight excluding hydrogens is 268 g/mol. The highest BCUT2D eigenvalue weighted by Gasteiger charge is 2.10. The lowest BCUT2D eigenvalue weighted by Gasteiger charge is -1.96. The Morgan fingerprint density at radius 2 is 2.32 bits per heavy atom. The normalized spacial score (nSPS) is 10.3. The number of hydrogen-bond acceptors (Lipinski definition) is 7. The van der Waals surface area contributed by atoms with Crippen molar-refractivity contribution >= 4 is 28.3 Å². The maximum absolute atomic E-state index is 11.1. The largest absolute Gasteiger partial charge is 0.481 e. The molecule has 0 aliphatic carbocycles. The maximum atomic E-state index is 11.1. The molecule has 0 aromatic carbocycles. The van der Waals surface area contributed by atoms with Gasteiger partial charge >= 0.3 is 5.97 Å². The number of ether oxygens (including phenoxy) is 2. The highest BCUT2D eigenvalue weighted by atomic mass is 32.1. The second kappa shape index (κ2) is 5.70. The van der Waals surface area contributed by atoms with Crippen LogP contribution in [0.25, 0.3) is 0 Å². The molecule has 2 rings (SSSR count). The van der Waals surface area contributed by atoms with Crippen LogP contribution in [0.5, 0.6) is 5.88 Å². The Balaban J connectivity index is 2.04. The van der Waals surface area contributed by atoms with Gasteiger partial charge in [-0.25, -0.2) is 9.67 Å². The number of anilines is 2. The van der Waals surface area contributed by atoms with Gasteiger partial charge in [0, 0.05) is 18.5 Å². The lowest BCUT2D eigenvalue weighted by molar-refractivity contribution is -0.139. The van der Waals surface area contributed by atoms with E-state index in [-0.39, 0.29) is 12.4 Å². The third-order valence-electron chi connectivity index (χ3n) is 2.39. The molecular formula is C11H14N4O3S. The molecule has 0 saturated heterocycles. The van der Waals surface area contributed by atoms with E-state index in [4.69, 9.17) is 4.74 Å². The molecule has 2 aromatic rings. The van der Waals surface area contributed by atoms with Crippen LogP contribution in [0.4, 0.5) is 10.9 Å². The molecule has 7 nitrogen and oxygen atoms in total. The molecule has 8 heteroatoms. The van der Waals surface area contributed by atoms with Gasteiger partial charge in [-0.2, -0.15) is 5.10 Å². The van der Waals surface area contributed by atoms with Crippen molar-refractivity contribution < 1.29 is 14.3 Å². The van der Waals surface area contributed by atoms with E-state index in [0.29, 0.717) is 22.5 Å². The topological polar surface area (TPSA) is 78.3 Å². The van der Waals surface area contributed by atoms with Gasteiger partial charge in [0.1, 0.15) is 0 Å². The van der Waals surface area contributed by atoms with Gasteiger partial charge in [0.2, 0.25) is 5.88 Å². The summed E-state index contributed by atoms with van der Waals surface area (Å²) in [5, 5.41) is 9.74. The first-order valence-corrected chi connectivity index (χ1v) is 6.36. The Bertz CT molecular complexity index is 578. The number of nitrogens with zero attached hydrogens (tertiary/aromatic N) is 3. The average molecular weight is 282 g/mol. The molecule has 1 N–H and O–H groups in total. The summed E-state index contributed by atoms with van der Waals surface area (Å²) in [6.45, 7) is 0. The zero-order valence-electron chi connectivity index (χ0n) is 10.8. The van der Waals surface area contributed by atoms with Crippen LogP contribution < -0.4 is 10.1 Å². The predicted octanol–water partition coefficient (Wildman–Crippen LogP) is 1.34. The van der Waals surface area contributed by atoms with Gasteiger partial charge in [0.25, 0.3) is 0 Å². The molecule has 0 unspecified atom stereocenters. The van der Waals surface area contributed by atoms with Crippen molar-refractivity contribution in [3.63, 3.8) is 0 Å². The summed E-state index contributed by atoms with van der Waals surface area (Å²) in [5.41, 5.74) is 0.669. The molecule has 0 radical (unpaired) electrons. The third-order valence-corrected chi connectivity index (χ3v) is 3.19. The Kier molecular flexibility index (Phi) is 4.00. The molecule has 0 aliphatic heterocycles. The first kappa shape index (κ1) is 13.3. The van der Waals surface area contributed by atoms with Crippen molar-refractivity contribution in [2.75, 3.05) is 19.5 Å². The fourth-order valence-corrected chi connectivity index (χ4v) is 2.19. The van der Waals surface area contributed by atoms with Crippen LogP contribution in [-0.4, -0.2) is 35.0 Å². The van der Waals surface area contributed by atoms with E-state index >= 15 is 0 Å². The predicted molar refractivity (Wildman–Crippen MR) is 70.9 cm³/mol. The summed E-state index contributed by atoms with van der Waals surface area (Å²) in [6, 6.07) is 1.77. The number of thiazole rings is 1. The van der Waals surface area contributed by atoms with Crippen molar-refractivity contribution in [3.8, 4) is 5.88 Å². The van der Waals surface area contributed by atoms with Gasteiger partial charge in [-0.05, 0) is 0 Å². The zero-order chi connectivity index (χ0) is 13.8. The Morgan fingerprint density at radius 3 is 2.95 bits per heavy atom. The van der Waals surface area contributed by atoms with E-state index in [9.17, 15) is 4.79 Å². The highest BCUT2D eigenvalue weighted by Crippen LogP contribution is 2.23. The molecule has 0 spiro atoms. The quantitative estimate of drug-likeness (QED) is 0.834. The molecule has 0 aliphatic rings. The number of rotatable bonds is 5. The second-order valence-electron chi connectivity index (χ2n) is 3.72. The summed E-state index contributed by atoms with van der Waals surface area (Å²) in [6.07, 6.45) is 0.167. The number of hydrogen-bond donors (Lipinski definition) is 1. The number of carbonyl (C=O) groups is 1. The first-order valence-electron chi connectivity index (χ1n) is 5.48. The SMILES string of the molecule is COC(=O)Cc1csc(Nc2cc(OC)n(C)n2)n1. The molecule has 0 bridgehead atoms. The second-order valence-corrected chi connectivity index (χ2v) is 4.58. The number of aryl methyl sites for hydroxylation is 1. The minimum Gasteiger partial charge on any atom is -0.481 e. The minimum atomic E-state index is -0.309. The van der Waals surface area contributed by atoms with Crippen molar-refractivity contribution in [1.29, 1.82) is 0 Å². The van der Waals surface area contributed by atoms with Crippen LogP contribution >= 0.6 is 11.3 Å². The summed E-state index contributed by atoms with van der Waals surface area (Å²) >= 11 is 1.40. The van der Waals surface area contributed by atoms with Crippen LogP contribution in [0, 0.1) is 0 Å². The van der Waals surface area contributed by atoms with Crippen molar-refractivity contribution in [2.24, 2.45) is 7.05 Å². The highest BCUT2D eigenvalue weighted by molar-refractivity contribution is 7.13. The number of aromatic nitrogens is 3. The third kappa shape index (κ3) is 3.22. The number of nitrogens with one attached hydrogen (secondary N) is 1. The van der Waals surface area contributed by atoms with Gasteiger partial charge < -0.3 is 14.8 Å². The number of carbonyl (C=O) groups excluding carboxylic acids is 1. The van der Waals surface area contributed by atoms with Crippen LogP contribution in [-0.2, 0) is 23.0 Å². The van der Waals surface area contributed by atoms with E-state index in [1.165, 1.54) is 18.4 Å². The summed E-state index contributed by atoms with van der Waals surface area (Å²) in [7, 11) is 4.72. The standard InChI is InChI=1S/C11H14N4O3S/c1-15-9(17-2)5-8(14-15)13-11-12-7(6-19-11)4-10(16)18-3/h5-6H,4H2,1-3H3,(H,12,13,14). The molecule has 19 heavy (non-hydrogen) atoms. The van der Waals surface area contributed by atoms with E-state index in [2.05, 4.69) is 20.1 Å². The first-order chi connectivity index (χ1) is 9.12. The Morgan fingerprint density at radius 1 is 1.53 bits per heavy atom. The molecule has 0 atom stereocenters. The van der Waals surface area contributed by atoms with Gasteiger partial charge in [0.05, 0.1) is 26.3 Å². The number of methoxy groups -OCH3 is 2. The fraction of sp³-hybridized carbons (Fsp3) is 0.364. The smallest absolute Gasteiger partial charge is 0.311 e. The van der Waals surface area contributed by atoms with E-state index < -0.39 is 0 Å². The van der Waals surface area contributed by atoms with Crippen LogP contribution in [0.1, 0.15) is 5.69 Å². The van der Waals surface area contributed by atoms with Gasteiger partial charge in [-0.15, -0.1) is 11.3 Å². The lowest BCUT2D eigenvalue weighted by atomic mass is 10.3. The molecule has 102 valence electrons. The Labute approximate surface area is 114 Å². The lowest BCUT2D eigenvalue weighted by Crippen LogP contribution is -2.04. The maximum Gasteiger partial charge on any atom is 0.311 e. The minimum absolute atomic E-state index is 0.167. The van der Waals surface area contributed by atoms with E-state index in [0.717, 1.165) is 0 Å². The van der Waals surface area contributed by atoms with Gasteiger partial charge in [-0.3, -0.25) is 4.79 Å². The number of esters is 1. The van der Waals surface area contributed by atoms with Crippen LogP contribution in [0.15, 0.2) is 11.4 Å². The van der Waals surface area contributed by atoms with E-state index in [1.807, 2.05) is 0 Å². The van der Waals surface area contributed by atoms with Crippen molar-refractivity contribution in [3.05, 3.63) is 17.1 Å². The summed E-state index contributed by atoms with van der Waals surface area (Å²) in [5.74, 6) is 0.975. The van der Waals surface area contributed by atoms with Crippen molar-refractivity contribution in [1.82, 2.24) is 14.8 Å². The molecule has 0 fully saturated rings. The molecule has 0 amide bonds. The van der Waals surface area contributed by atoms with Crippen molar-refractivity contribution in [2.45, 2.75) is 6.42 Å². The molecule has 0 saturated carbocycles.